The van der Waals surface area contributed by atoms with E-state index in [9.17, 15) is 5.26 Å². The standard InChI is InChI=1S/C35H26N8/c1-20-37-21(2)40-34(39-20)27-14-16-33(30(18-27)35-41-22(3)38-23(4)42-35)43-31-8-6-5-7-28(31)29-17-26(13-15-32(29)43)25-11-9-24(19-36)10-12-25/h5-18H,1-4H3. The van der Waals surface area contributed by atoms with Crippen LogP contribution in [0.3, 0.4) is 0 Å². The number of hydrogen-bond acceptors (Lipinski definition) is 7. The number of rotatable bonds is 4. The van der Waals surface area contributed by atoms with E-state index >= 15 is 0 Å². The van der Waals surface area contributed by atoms with Crippen molar-refractivity contribution in [3.05, 3.63) is 114 Å². The molecule has 0 aliphatic carbocycles. The van der Waals surface area contributed by atoms with Gasteiger partial charge < -0.3 is 4.57 Å². The van der Waals surface area contributed by atoms with Crippen molar-refractivity contribution in [1.82, 2.24) is 34.5 Å². The van der Waals surface area contributed by atoms with Crippen LogP contribution in [0.15, 0.2) is 84.9 Å². The minimum absolute atomic E-state index is 0.587. The molecule has 206 valence electrons. The maximum Gasteiger partial charge on any atom is 0.165 e. The highest BCUT2D eigenvalue weighted by Crippen LogP contribution is 2.38. The van der Waals surface area contributed by atoms with E-state index in [2.05, 4.69) is 85.2 Å². The Hall–Kier alpha value is -5.81. The van der Waals surface area contributed by atoms with Gasteiger partial charge in [-0.15, -0.1) is 0 Å². The van der Waals surface area contributed by atoms with Crippen molar-refractivity contribution < 1.29 is 0 Å². The molecule has 7 aromatic rings. The van der Waals surface area contributed by atoms with Gasteiger partial charge >= 0.3 is 0 Å². The smallest absolute Gasteiger partial charge is 0.165 e. The Balaban J connectivity index is 1.50. The Labute approximate surface area is 248 Å². The quantitative estimate of drug-likeness (QED) is 0.224. The summed E-state index contributed by atoms with van der Waals surface area (Å²) in [5.41, 5.74) is 7.55. The lowest BCUT2D eigenvalue weighted by Crippen LogP contribution is -2.04. The summed E-state index contributed by atoms with van der Waals surface area (Å²) in [6, 6.07) is 31.0. The van der Waals surface area contributed by atoms with Crippen LogP contribution in [0.2, 0.25) is 0 Å². The molecule has 0 unspecified atom stereocenters. The summed E-state index contributed by atoms with van der Waals surface area (Å²) < 4.78 is 2.27. The molecule has 43 heavy (non-hydrogen) atoms. The molecule has 4 aromatic carbocycles. The topological polar surface area (TPSA) is 106 Å². The summed E-state index contributed by atoms with van der Waals surface area (Å²) in [4.78, 5) is 27.5. The molecule has 0 aliphatic heterocycles. The fraction of sp³-hybridized carbons (Fsp3) is 0.114. The predicted molar refractivity (Wildman–Crippen MR) is 168 cm³/mol. The maximum absolute atomic E-state index is 9.24. The third-order valence-corrected chi connectivity index (χ3v) is 7.47. The van der Waals surface area contributed by atoms with Gasteiger partial charge in [0.05, 0.1) is 28.4 Å². The molecule has 0 N–H and O–H groups in total. The first-order chi connectivity index (χ1) is 20.9. The van der Waals surface area contributed by atoms with Gasteiger partial charge in [0.25, 0.3) is 0 Å². The van der Waals surface area contributed by atoms with E-state index in [0.29, 0.717) is 40.5 Å². The van der Waals surface area contributed by atoms with Gasteiger partial charge in [0.1, 0.15) is 23.3 Å². The molecule has 0 saturated carbocycles. The average Bonchev–Trinajstić information content (AvgIpc) is 3.33. The molecule has 0 spiro atoms. The van der Waals surface area contributed by atoms with Gasteiger partial charge in [-0.2, -0.15) is 5.26 Å². The van der Waals surface area contributed by atoms with Crippen LogP contribution in [-0.2, 0) is 0 Å². The molecule has 0 amide bonds. The normalized spacial score (nSPS) is 11.2. The second-order valence-corrected chi connectivity index (χ2v) is 10.5. The number of benzene rings is 4. The second kappa shape index (κ2) is 10.2. The Morgan fingerprint density at radius 3 is 1.79 bits per heavy atom. The lowest BCUT2D eigenvalue weighted by Gasteiger charge is -2.15. The van der Waals surface area contributed by atoms with Gasteiger partial charge in [-0.25, -0.2) is 29.9 Å². The summed E-state index contributed by atoms with van der Waals surface area (Å²) >= 11 is 0. The molecular weight excluding hydrogens is 532 g/mol. The zero-order valence-corrected chi connectivity index (χ0v) is 24.2. The van der Waals surface area contributed by atoms with Crippen molar-refractivity contribution in [2.75, 3.05) is 0 Å². The number of para-hydroxylation sites is 1. The highest BCUT2D eigenvalue weighted by atomic mass is 15.0. The van der Waals surface area contributed by atoms with Gasteiger partial charge in [-0.05, 0) is 87.4 Å². The molecular formula is C35H26N8. The highest BCUT2D eigenvalue weighted by molar-refractivity contribution is 6.11. The van der Waals surface area contributed by atoms with Gasteiger partial charge in [0.15, 0.2) is 11.6 Å². The Kier molecular flexibility index (Phi) is 6.21. The maximum atomic E-state index is 9.24. The number of aromatic nitrogens is 7. The fourth-order valence-corrected chi connectivity index (χ4v) is 5.68. The number of hydrogen-bond donors (Lipinski definition) is 0. The first-order valence-corrected chi connectivity index (χ1v) is 14.0. The zero-order chi connectivity index (χ0) is 29.7. The number of fused-ring (bicyclic) bond motifs is 3. The second-order valence-electron chi connectivity index (χ2n) is 10.5. The molecule has 0 aliphatic rings. The van der Waals surface area contributed by atoms with E-state index in [1.165, 1.54) is 0 Å². The van der Waals surface area contributed by atoms with E-state index in [1.807, 2.05) is 58.0 Å². The Morgan fingerprint density at radius 2 is 1.12 bits per heavy atom. The summed E-state index contributed by atoms with van der Waals surface area (Å²) in [6.07, 6.45) is 0. The third-order valence-electron chi connectivity index (χ3n) is 7.47. The van der Waals surface area contributed by atoms with E-state index in [0.717, 1.165) is 49.7 Å². The van der Waals surface area contributed by atoms with Crippen LogP contribution < -0.4 is 0 Å². The molecule has 8 nitrogen and oxygen atoms in total. The summed E-state index contributed by atoms with van der Waals surface area (Å²) in [5.74, 6) is 3.83. The molecule has 0 saturated heterocycles. The van der Waals surface area contributed by atoms with Gasteiger partial charge in [0, 0.05) is 21.9 Å². The van der Waals surface area contributed by atoms with Crippen molar-refractivity contribution in [3.63, 3.8) is 0 Å². The Bertz CT molecular complexity index is 2200. The molecule has 7 rings (SSSR count). The fourth-order valence-electron chi connectivity index (χ4n) is 5.68. The van der Waals surface area contributed by atoms with Crippen molar-refractivity contribution in [2.24, 2.45) is 0 Å². The Morgan fingerprint density at radius 1 is 0.535 bits per heavy atom. The van der Waals surface area contributed by atoms with Gasteiger partial charge in [0.2, 0.25) is 0 Å². The lowest BCUT2D eigenvalue weighted by atomic mass is 10.0. The number of aryl methyl sites for hydroxylation is 4. The SMILES string of the molecule is Cc1nc(C)nc(-c2ccc(-n3c4ccccc4c4cc(-c5ccc(C#N)cc5)ccc43)c(-c3nc(C)nc(C)n3)c2)n1. The minimum atomic E-state index is 0.587. The molecule has 0 atom stereocenters. The molecule has 0 bridgehead atoms. The van der Waals surface area contributed by atoms with Crippen LogP contribution in [0.5, 0.6) is 0 Å². The summed E-state index contributed by atoms with van der Waals surface area (Å²) in [7, 11) is 0. The first-order valence-electron chi connectivity index (χ1n) is 14.0. The summed E-state index contributed by atoms with van der Waals surface area (Å²) in [6.45, 7) is 7.50. The van der Waals surface area contributed by atoms with Crippen molar-refractivity contribution in [3.8, 4) is 45.7 Å². The van der Waals surface area contributed by atoms with Gasteiger partial charge in [-0.1, -0.05) is 36.4 Å². The van der Waals surface area contributed by atoms with Crippen LogP contribution in [0.1, 0.15) is 28.9 Å². The van der Waals surface area contributed by atoms with Crippen LogP contribution in [0.25, 0.3) is 61.4 Å². The monoisotopic (exact) mass is 558 g/mol. The summed E-state index contributed by atoms with van der Waals surface area (Å²) in [5, 5.41) is 11.5. The van der Waals surface area contributed by atoms with E-state index in [-0.39, 0.29) is 0 Å². The van der Waals surface area contributed by atoms with Crippen LogP contribution in [0.4, 0.5) is 0 Å². The highest BCUT2D eigenvalue weighted by Gasteiger charge is 2.20. The first kappa shape index (κ1) is 26.1. The molecule has 3 aromatic heterocycles. The molecule has 8 heteroatoms. The van der Waals surface area contributed by atoms with Gasteiger partial charge in [-0.3, -0.25) is 0 Å². The van der Waals surface area contributed by atoms with E-state index in [1.54, 1.807) is 0 Å². The molecule has 3 heterocycles. The lowest BCUT2D eigenvalue weighted by molar-refractivity contribution is 0.924. The largest absolute Gasteiger partial charge is 0.309 e. The minimum Gasteiger partial charge on any atom is -0.309 e. The average molecular weight is 559 g/mol. The van der Waals surface area contributed by atoms with E-state index in [4.69, 9.17) is 9.97 Å². The molecule has 0 fully saturated rings. The predicted octanol–water partition coefficient (Wildman–Crippen LogP) is 7.26. The van der Waals surface area contributed by atoms with Crippen LogP contribution >= 0.6 is 0 Å². The van der Waals surface area contributed by atoms with Crippen LogP contribution in [-0.4, -0.2) is 34.5 Å². The number of nitriles is 1. The van der Waals surface area contributed by atoms with Crippen LogP contribution in [0, 0.1) is 39.0 Å². The van der Waals surface area contributed by atoms with Crippen molar-refractivity contribution in [1.29, 1.82) is 5.26 Å². The molecule has 0 radical (unpaired) electrons. The van der Waals surface area contributed by atoms with Crippen molar-refractivity contribution >= 4 is 21.8 Å². The van der Waals surface area contributed by atoms with E-state index < -0.39 is 0 Å². The number of nitrogens with zero attached hydrogens (tertiary/aromatic N) is 8. The zero-order valence-electron chi connectivity index (χ0n) is 24.2. The third kappa shape index (κ3) is 4.67. The van der Waals surface area contributed by atoms with Crippen molar-refractivity contribution in [2.45, 2.75) is 27.7 Å².